The molecule has 0 aliphatic rings. The van der Waals surface area contributed by atoms with Gasteiger partial charge in [-0.25, -0.2) is 4.98 Å². The number of fused-ring (bicyclic) bond motifs is 1. The lowest BCUT2D eigenvalue weighted by Crippen LogP contribution is -1.89. The van der Waals surface area contributed by atoms with Crippen molar-refractivity contribution < 1.29 is 5.11 Å². The zero-order valence-electron chi connectivity index (χ0n) is 13.0. The number of phenolic OH excluding ortho intramolecular Hbond substituents is 1. The van der Waals surface area contributed by atoms with Gasteiger partial charge in [0, 0.05) is 33.6 Å². The van der Waals surface area contributed by atoms with E-state index in [-0.39, 0.29) is 22.7 Å². The number of hydrogen-bond acceptors (Lipinski definition) is 5. The first-order valence-corrected chi connectivity index (χ1v) is 8.28. The van der Waals surface area contributed by atoms with Gasteiger partial charge in [0.2, 0.25) is 5.13 Å². The minimum absolute atomic E-state index is 0. The molecule has 4 aromatic rings. The Balaban J connectivity index is 0.00000182. The predicted molar refractivity (Wildman–Crippen MR) is 109 cm³/mol. The van der Waals surface area contributed by atoms with Crippen molar-refractivity contribution in [3.05, 3.63) is 65.7 Å². The summed E-state index contributed by atoms with van der Waals surface area (Å²) < 4.78 is 0. The minimum Gasteiger partial charge on any atom is -0.508 e. The summed E-state index contributed by atoms with van der Waals surface area (Å²) in [7, 11) is 0. The topological polar surface area (TPSA) is 73.3 Å². The van der Waals surface area contributed by atoms with Crippen molar-refractivity contribution in [1.82, 2.24) is 9.97 Å². The third-order valence-electron chi connectivity index (χ3n) is 3.65. The second-order valence-electron chi connectivity index (χ2n) is 5.24. The second kappa shape index (κ2) is 7.50. The molecule has 2 heterocycles. The third kappa shape index (κ3) is 3.72. The van der Waals surface area contributed by atoms with Gasteiger partial charge < -0.3 is 10.1 Å². The molecule has 0 saturated heterocycles. The van der Waals surface area contributed by atoms with Gasteiger partial charge in [-0.05, 0) is 30.3 Å². The van der Waals surface area contributed by atoms with E-state index in [2.05, 4.69) is 26.6 Å². The van der Waals surface area contributed by atoms with Crippen LogP contribution in [0.5, 0.6) is 5.75 Å². The number of anilines is 1. The Bertz CT molecular complexity index is 1010. The second-order valence-corrected chi connectivity index (χ2v) is 6.10. The highest BCUT2D eigenvalue weighted by Crippen LogP contribution is 2.26. The number of aromatic nitrogens is 2. The molecule has 3 N–H and O–H groups in total. The fourth-order valence-corrected chi connectivity index (χ4v) is 3.12. The van der Waals surface area contributed by atoms with Gasteiger partial charge in [0.1, 0.15) is 5.75 Å². The number of benzene rings is 2. The molecule has 25 heavy (non-hydrogen) atoms. The standard InChI is InChI=1S/C18H14N4OS.BrH/c23-14-7-5-12(6-8-14)17-11-24-18(21-17)22-20-10-13-9-19-16-4-2-1-3-15(13)16;/h1-11,19,23H,(H,21,22);1H/b20-10+;. The van der Waals surface area contributed by atoms with Crippen LogP contribution in [0.4, 0.5) is 5.13 Å². The van der Waals surface area contributed by atoms with Crippen molar-refractivity contribution >= 4 is 50.6 Å². The Labute approximate surface area is 158 Å². The van der Waals surface area contributed by atoms with E-state index < -0.39 is 0 Å². The maximum atomic E-state index is 9.34. The molecule has 7 heteroatoms. The summed E-state index contributed by atoms with van der Waals surface area (Å²) in [6.07, 6.45) is 3.71. The molecule has 0 saturated carbocycles. The average molecular weight is 415 g/mol. The summed E-state index contributed by atoms with van der Waals surface area (Å²) in [5.41, 5.74) is 6.88. The van der Waals surface area contributed by atoms with E-state index in [1.807, 2.05) is 41.9 Å². The molecule has 126 valence electrons. The molecule has 2 aromatic carbocycles. The van der Waals surface area contributed by atoms with Gasteiger partial charge in [-0.15, -0.1) is 28.3 Å². The lowest BCUT2D eigenvalue weighted by Gasteiger charge is -1.96. The number of nitrogens with zero attached hydrogens (tertiary/aromatic N) is 2. The zero-order valence-corrected chi connectivity index (χ0v) is 15.5. The quantitative estimate of drug-likeness (QED) is 0.324. The van der Waals surface area contributed by atoms with Crippen LogP contribution in [-0.4, -0.2) is 21.3 Å². The number of phenols is 1. The maximum Gasteiger partial charge on any atom is 0.203 e. The van der Waals surface area contributed by atoms with E-state index in [1.54, 1.807) is 18.3 Å². The van der Waals surface area contributed by atoms with Crippen LogP contribution in [0.1, 0.15) is 5.56 Å². The van der Waals surface area contributed by atoms with Gasteiger partial charge in [0.15, 0.2) is 0 Å². The van der Waals surface area contributed by atoms with E-state index in [0.717, 1.165) is 27.7 Å². The Kier molecular flexibility index (Phi) is 5.16. The van der Waals surface area contributed by atoms with Gasteiger partial charge in [0.05, 0.1) is 11.9 Å². The Morgan fingerprint density at radius 3 is 2.76 bits per heavy atom. The number of thiazole rings is 1. The lowest BCUT2D eigenvalue weighted by molar-refractivity contribution is 0.475. The number of hydrazone groups is 1. The number of H-pyrrole nitrogens is 1. The monoisotopic (exact) mass is 414 g/mol. The number of para-hydroxylation sites is 1. The van der Waals surface area contributed by atoms with Crippen LogP contribution in [-0.2, 0) is 0 Å². The van der Waals surface area contributed by atoms with Crippen LogP contribution in [0.15, 0.2) is 65.2 Å². The molecule has 0 atom stereocenters. The molecule has 0 bridgehead atoms. The maximum absolute atomic E-state index is 9.34. The molecule has 4 rings (SSSR count). The van der Waals surface area contributed by atoms with E-state index >= 15 is 0 Å². The van der Waals surface area contributed by atoms with Crippen LogP contribution in [0.25, 0.3) is 22.2 Å². The summed E-state index contributed by atoms with van der Waals surface area (Å²) in [6, 6.07) is 15.1. The highest BCUT2D eigenvalue weighted by Gasteiger charge is 2.04. The van der Waals surface area contributed by atoms with E-state index in [0.29, 0.717) is 5.13 Å². The molecular formula is C18H15BrN4OS. The van der Waals surface area contributed by atoms with Crippen molar-refractivity contribution in [2.45, 2.75) is 0 Å². The first-order chi connectivity index (χ1) is 11.8. The van der Waals surface area contributed by atoms with Gasteiger partial charge in [-0.2, -0.15) is 5.10 Å². The number of hydrogen-bond donors (Lipinski definition) is 3. The fourth-order valence-electron chi connectivity index (χ4n) is 2.45. The molecule has 2 aromatic heterocycles. The molecule has 0 unspecified atom stereocenters. The molecule has 0 aliphatic heterocycles. The summed E-state index contributed by atoms with van der Waals surface area (Å²) in [5, 5.41) is 17.4. The summed E-state index contributed by atoms with van der Waals surface area (Å²) in [6.45, 7) is 0. The van der Waals surface area contributed by atoms with E-state index in [9.17, 15) is 5.11 Å². The number of aromatic hydroxyl groups is 1. The minimum atomic E-state index is 0. The highest BCUT2D eigenvalue weighted by atomic mass is 79.9. The van der Waals surface area contributed by atoms with Crippen molar-refractivity contribution in [3.8, 4) is 17.0 Å². The van der Waals surface area contributed by atoms with Gasteiger partial charge in [0.25, 0.3) is 0 Å². The Morgan fingerprint density at radius 1 is 1.12 bits per heavy atom. The van der Waals surface area contributed by atoms with Crippen LogP contribution in [0.2, 0.25) is 0 Å². The first-order valence-electron chi connectivity index (χ1n) is 7.40. The molecule has 0 spiro atoms. The van der Waals surface area contributed by atoms with Gasteiger partial charge >= 0.3 is 0 Å². The summed E-state index contributed by atoms with van der Waals surface area (Å²) in [4.78, 5) is 7.71. The number of nitrogens with one attached hydrogen (secondary N) is 2. The zero-order chi connectivity index (χ0) is 16.4. The van der Waals surface area contributed by atoms with Crippen molar-refractivity contribution in [2.24, 2.45) is 5.10 Å². The van der Waals surface area contributed by atoms with E-state index in [1.165, 1.54) is 11.3 Å². The molecule has 5 nitrogen and oxygen atoms in total. The first kappa shape index (κ1) is 17.2. The Morgan fingerprint density at radius 2 is 1.92 bits per heavy atom. The highest BCUT2D eigenvalue weighted by molar-refractivity contribution is 8.93. The van der Waals surface area contributed by atoms with Crippen LogP contribution >= 0.6 is 28.3 Å². The van der Waals surface area contributed by atoms with Crippen LogP contribution in [0.3, 0.4) is 0 Å². The summed E-state index contributed by atoms with van der Waals surface area (Å²) in [5.74, 6) is 0.246. The molecule has 0 radical (unpaired) electrons. The van der Waals surface area contributed by atoms with Crippen LogP contribution < -0.4 is 5.43 Å². The lowest BCUT2D eigenvalue weighted by atomic mass is 10.2. The Hall–Kier alpha value is -2.64. The SMILES string of the molecule is Br.Oc1ccc(-c2csc(N/N=C/c3c[nH]c4ccccc34)n2)cc1. The van der Waals surface area contributed by atoms with Gasteiger partial charge in [-0.3, -0.25) is 5.43 Å². The number of halogens is 1. The van der Waals surface area contributed by atoms with Crippen molar-refractivity contribution in [3.63, 3.8) is 0 Å². The van der Waals surface area contributed by atoms with Gasteiger partial charge in [-0.1, -0.05) is 18.2 Å². The van der Waals surface area contributed by atoms with Crippen molar-refractivity contribution in [1.29, 1.82) is 0 Å². The van der Waals surface area contributed by atoms with E-state index in [4.69, 9.17) is 0 Å². The van der Waals surface area contributed by atoms with Crippen LogP contribution in [0, 0.1) is 0 Å². The largest absolute Gasteiger partial charge is 0.508 e. The normalized spacial score (nSPS) is 10.9. The fraction of sp³-hybridized carbons (Fsp3) is 0. The molecule has 0 fully saturated rings. The molecular weight excluding hydrogens is 400 g/mol. The molecule has 0 aliphatic carbocycles. The van der Waals surface area contributed by atoms with Crippen molar-refractivity contribution in [2.75, 3.05) is 5.43 Å². The smallest absolute Gasteiger partial charge is 0.203 e. The third-order valence-corrected chi connectivity index (χ3v) is 4.40. The number of aromatic amines is 1. The molecule has 0 amide bonds. The summed E-state index contributed by atoms with van der Waals surface area (Å²) >= 11 is 1.48. The average Bonchev–Trinajstić information content (AvgIpc) is 3.23. The number of rotatable bonds is 4. The predicted octanol–water partition coefficient (Wildman–Crippen LogP) is 5.02.